The van der Waals surface area contributed by atoms with E-state index in [-0.39, 0.29) is 19.1 Å². The zero-order valence-corrected chi connectivity index (χ0v) is 21.5. The standard InChI is InChI=1S/C27H38ClN3O4/c1-3-26(24-10-11-29-15-21(24)8-9-27(33)34)35-17-23(32)16-30-18-31-12-4-5-22(31)13-20-7-6-19(2)25(28)14-20/h6-7,10-11,14-15,22-23,26,30,32H,3-5,8-9,12-13,16-18H2,1-2H3,(H,33,34)/t22-,23+,26?/m0/s1. The number of carbonyl (C=O) groups is 1. The van der Waals surface area contributed by atoms with Crippen molar-refractivity contribution in [2.45, 2.75) is 70.6 Å². The Morgan fingerprint density at radius 3 is 2.94 bits per heavy atom. The summed E-state index contributed by atoms with van der Waals surface area (Å²) in [5, 5.41) is 23.7. The molecule has 0 spiro atoms. The molecule has 2 heterocycles. The molecule has 1 aromatic heterocycles. The fraction of sp³-hybridized carbons (Fsp3) is 0.556. The van der Waals surface area contributed by atoms with Gasteiger partial charge in [0.1, 0.15) is 0 Å². The number of carboxylic acid groups (broad SMARTS) is 1. The molecule has 3 atom stereocenters. The summed E-state index contributed by atoms with van der Waals surface area (Å²) >= 11 is 6.30. The third-order valence-electron chi connectivity index (χ3n) is 6.66. The molecule has 1 aliphatic heterocycles. The van der Waals surface area contributed by atoms with Crippen molar-refractivity contribution in [3.63, 3.8) is 0 Å². The monoisotopic (exact) mass is 503 g/mol. The van der Waals surface area contributed by atoms with Crippen LogP contribution in [0.4, 0.5) is 0 Å². The molecule has 35 heavy (non-hydrogen) atoms. The molecule has 1 saturated heterocycles. The quantitative estimate of drug-likeness (QED) is 0.356. The number of pyridine rings is 1. The molecule has 8 heteroatoms. The Morgan fingerprint density at radius 1 is 1.37 bits per heavy atom. The van der Waals surface area contributed by atoms with E-state index in [0.29, 0.717) is 19.0 Å². The highest BCUT2D eigenvalue weighted by molar-refractivity contribution is 6.31. The molecular formula is C27H38ClN3O4. The highest BCUT2D eigenvalue weighted by Crippen LogP contribution is 2.26. The number of aryl methyl sites for hydroxylation is 2. The molecule has 3 N–H and O–H groups in total. The van der Waals surface area contributed by atoms with E-state index in [0.717, 1.165) is 54.2 Å². The molecule has 0 aliphatic carbocycles. The first-order valence-corrected chi connectivity index (χ1v) is 12.9. The molecule has 0 amide bonds. The number of aliphatic hydroxyl groups is 1. The van der Waals surface area contributed by atoms with E-state index in [1.54, 1.807) is 12.4 Å². The third kappa shape index (κ3) is 8.54. The molecule has 1 aromatic carbocycles. The Kier molecular flexibility index (Phi) is 10.9. The molecule has 1 fully saturated rings. The number of ether oxygens (including phenoxy) is 1. The molecule has 0 saturated carbocycles. The molecule has 192 valence electrons. The highest BCUT2D eigenvalue weighted by Gasteiger charge is 2.24. The second-order valence-corrected chi connectivity index (χ2v) is 9.77. The summed E-state index contributed by atoms with van der Waals surface area (Å²) in [6.07, 6.45) is 7.06. The van der Waals surface area contributed by atoms with Crippen LogP contribution in [0.15, 0.2) is 36.7 Å². The van der Waals surface area contributed by atoms with Gasteiger partial charge in [0, 0.05) is 43.1 Å². The van der Waals surface area contributed by atoms with Crippen LogP contribution in [0.3, 0.4) is 0 Å². The van der Waals surface area contributed by atoms with Gasteiger partial charge in [-0.05, 0) is 80.0 Å². The van der Waals surface area contributed by atoms with Crippen molar-refractivity contribution in [2.24, 2.45) is 0 Å². The van der Waals surface area contributed by atoms with Gasteiger partial charge in [-0.2, -0.15) is 0 Å². The minimum atomic E-state index is -0.835. The number of aliphatic hydroxyl groups excluding tert-OH is 1. The van der Waals surface area contributed by atoms with Crippen molar-refractivity contribution in [2.75, 3.05) is 26.4 Å². The average Bonchev–Trinajstić information content (AvgIpc) is 3.27. The fourth-order valence-electron chi connectivity index (χ4n) is 4.66. The van der Waals surface area contributed by atoms with Crippen molar-refractivity contribution < 1.29 is 19.7 Å². The second kappa shape index (κ2) is 13.9. The van der Waals surface area contributed by atoms with Gasteiger partial charge >= 0.3 is 5.97 Å². The number of hydrogen-bond donors (Lipinski definition) is 3. The largest absolute Gasteiger partial charge is 0.481 e. The Labute approximate surface area is 213 Å². The van der Waals surface area contributed by atoms with E-state index in [2.05, 4.69) is 33.4 Å². The molecule has 0 radical (unpaired) electrons. The molecule has 2 aromatic rings. The number of carboxylic acids is 1. The summed E-state index contributed by atoms with van der Waals surface area (Å²) in [7, 11) is 0. The van der Waals surface area contributed by atoms with Crippen molar-refractivity contribution in [1.29, 1.82) is 0 Å². The van der Waals surface area contributed by atoms with E-state index in [1.165, 1.54) is 12.0 Å². The van der Waals surface area contributed by atoms with Crippen LogP contribution in [-0.2, 0) is 22.4 Å². The minimum Gasteiger partial charge on any atom is -0.481 e. The first-order chi connectivity index (χ1) is 16.9. The third-order valence-corrected chi connectivity index (χ3v) is 7.07. The van der Waals surface area contributed by atoms with Crippen molar-refractivity contribution in [1.82, 2.24) is 15.2 Å². The predicted octanol–water partition coefficient (Wildman–Crippen LogP) is 4.14. The number of halogens is 1. The van der Waals surface area contributed by atoms with Crippen LogP contribution < -0.4 is 5.32 Å². The van der Waals surface area contributed by atoms with Crippen LogP contribution >= 0.6 is 11.6 Å². The number of nitrogens with zero attached hydrogens (tertiary/aromatic N) is 2. The normalized spacial score (nSPS) is 18.0. The number of benzene rings is 1. The summed E-state index contributed by atoms with van der Waals surface area (Å²) in [5.74, 6) is -0.835. The van der Waals surface area contributed by atoms with E-state index < -0.39 is 12.1 Å². The number of aliphatic carboxylic acids is 1. The Bertz CT molecular complexity index is 958. The lowest BCUT2D eigenvalue weighted by Crippen LogP contribution is -2.42. The van der Waals surface area contributed by atoms with Crippen LogP contribution in [-0.4, -0.2) is 64.6 Å². The Balaban J connectivity index is 1.44. The van der Waals surface area contributed by atoms with Crippen LogP contribution in [0.2, 0.25) is 5.02 Å². The summed E-state index contributed by atoms with van der Waals surface area (Å²) in [5.41, 5.74) is 4.18. The van der Waals surface area contributed by atoms with Crippen molar-refractivity contribution >= 4 is 17.6 Å². The summed E-state index contributed by atoms with van der Waals surface area (Å²) in [6, 6.07) is 8.66. The lowest BCUT2D eigenvalue weighted by molar-refractivity contribution is -0.136. The Morgan fingerprint density at radius 2 is 2.20 bits per heavy atom. The van der Waals surface area contributed by atoms with Crippen molar-refractivity contribution in [3.05, 3.63) is 63.9 Å². The van der Waals surface area contributed by atoms with Crippen LogP contribution in [0.25, 0.3) is 0 Å². The first kappa shape index (κ1) is 27.6. The van der Waals surface area contributed by atoms with E-state index in [9.17, 15) is 9.90 Å². The van der Waals surface area contributed by atoms with Gasteiger partial charge in [0.2, 0.25) is 0 Å². The van der Waals surface area contributed by atoms with Crippen molar-refractivity contribution in [3.8, 4) is 0 Å². The minimum absolute atomic E-state index is 0.0517. The molecule has 1 aliphatic rings. The van der Waals surface area contributed by atoms with Gasteiger partial charge in [-0.15, -0.1) is 0 Å². The number of nitrogens with one attached hydrogen (secondary N) is 1. The van der Waals surface area contributed by atoms with E-state index in [1.807, 2.05) is 19.9 Å². The number of likely N-dealkylation sites (tertiary alicyclic amines) is 1. The fourth-order valence-corrected chi connectivity index (χ4v) is 4.86. The molecule has 1 unspecified atom stereocenters. The SMILES string of the molecule is CCC(OC[C@H](O)CNCN1CCC[C@H]1Cc1ccc(C)c(Cl)c1)c1ccncc1CCC(=O)O. The average molecular weight is 504 g/mol. The summed E-state index contributed by atoms with van der Waals surface area (Å²) < 4.78 is 6.04. The number of rotatable bonds is 14. The van der Waals surface area contributed by atoms with Gasteiger partial charge in [0.05, 0.1) is 18.8 Å². The molecule has 3 rings (SSSR count). The smallest absolute Gasteiger partial charge is 0.303 e. The second-order valence-electron chi connectivity index (χ2n) is 9.36. The zero-order valence-electron chi connectivity index (χ0n) is 20.8. The lowest BCUT2D eigenvalue weighted by Gasteiger charge is -2.26. The van der Waals surface area contributed by atoms with Gasteiger partial charge in [-0.3, -0.25) is 14.7 Å². The molecule has 7 nitrogen and oxygen atoms in total. The van der Waals surface area contributed by atoms with Crippen LogP contribution in [0, 0.1) is 6.92 Å². The maximum Gasteiger partial charge on any atom is 0.303 e. The van der Waals surface area contributed by atoms with Gasteiger partial charge in [-0.25, -0.2) is 0 Å². The zero-order chi connectivity index (χ0) is 25.2. The maximum atomic E-state index is 11.0. The predicted molar refractivity (Wildman–Crippen MR) is 138 cm³/mol. The van der Waals surface area contributed by atoms with Gasteiger partial charge in [0.25, 0.3) is 0 Å². The van der Waals surface area contributed by atoms with Gasteiger partial charge in [0.15, 0.2) is 0 Å². The van der Waals surface area contributed by atoms with E-state index >= 15 is 0 Å². The molecule has 0 bridgehead atoms. The van der Waals surface area contributed by atoms with Crippen LogP contribution in [0.1, 0.15) is 61.0 Å². The topological polar surface area (TPSA) is 94.9 Å². The first-order valence-electron chi connectivity index (χ1n) is 12.5. The van der Waals surface area contributed by atoms with E-state index in [4.69, 9.17) is 21.4 Å². The summed E-state index contributed by atoms with van der Waals surface area (Å²) in [6.45, 7) is 6.46. The van der Waals surface area contributed by atoms with Crippen LogP contribution in [0.5, 0.6) is 0 Å². The lowest BCUT2D eigenvalue weighted by atomic mass is 9.99. The highest BCUT2D eigenvalue weighted by atomic mass is 35.5. The number of aromatic nitrogens is 1. The number of hydrogen-bond acceptors (Lipinski definition) is 6. The van der Waals surface area contributed by atoms with Gasteiger partial charge < -0.3 is 20.3 Å². The maximum absolute atomic E-state index is 11.0. The summed E-state index contributed by atoms with van der Waals surface area (Å²) in [4.78, 5) is 17.5. The Hall–Kier alpha value is -2.03. The van der Waals surface area contributed by atoms with Gasteiger partial charge in [-0.1, -0.05) is 30.7 Å². The molecular weight excluding hydrogens is 466 g/mol.